The molecule has 1 N–H and O–H groups in total. The molecule has 2 aromatic carbocycles. The van der Waals surface area contributed by atoms with Gasteiger partial charge < -0.3 is 19.3 Å². The van der Waals surface area contributed by atoms with E-state index in [2.05, 4.69) is 15.5 Å². The molecular weight excluding hydrogens is 358 g/mol. The molecule has 146 valence electrons. The number of para-hydroxylation sites is 1. The average molecular weight is 381 g/mol. The molecule has 0 atom stereocenters. The number of aryl methyl sites for hydroxylation is 2. The molecule has 3 aromatic rings. The number of hydrogen-bond donors (Lipinski definition) is 1. The van der Waals surface area contributed by atoms with Crippen molar-refractivity contribution in [2.45, 2.75) is 26.2 Å². The molecule has 7 heteroatoms. The summed E-state index contributed by atoms with van der Waals surface area (Å²) in [5.74, 6) is 2.16. The monoisotopic (exact) mass is 381 g/mol. The van der Waals surface area contributed by atoms with Crippen molar-refractivity contribution in [1.29, 1.82) is 0 Å². The van der Waals surface area contributed by atoms with Crippen molar-refractivity contribution in [2.75, 3.05) is 19.5 Å². The second-order valence-electron chi connectivity index (χ2n) is 6.30. The van der Waals surface area contributed by atoms with Crippen molar-refractivity contribution >= 4 is 11.6 Å². The Bertz CT molecular complexity index is 952. The zero-order valence-electron chi connectivity index (χ0n) is 16.2. The Balaban J connectivity index is 1.55. The maximum atomic E-state index is 12.1. The summed E-state index contributed by atoms with van der Waals surface area (Å²) in [4.78, 5) is 16.5. The number of rotatable bonds is 8. The molecule has 0 aliphatic heterocycles. The first-order chi connectivity index (χ1) is 13.6. The van der Waals surface area contributed by atoms with Crippen LogP contribution < -0.4 is 14.8 Å². The van der Waals surface area contributed by atoms with Gasteiger partial charge in [0.25, 0.3) is 0 Å². The highest BCUT2D eigenvalue weighted by atomic mass is 16.5. The number of ether oxygens (including phenoxy) is 2. The number of nitrogens with zero attached hydrogens (tertiary/aromatic N) is 2. The Hall–Kier alpha value is -3.35. The van der Waals surface area contributed by atoms with E-state index in [4.69, 9.17) is 14.0 Å². The molecule has 7 nitrogen and oxygen atoms in total. The van der Waals surface area contributed by atoms with Gasteiger partial charge in [-0.3, -0.25) is 4.79 Å². The van der Waals surface area contributed by atoms with Gasteiger partial charge in [0.15, 0.2) is 11.5 Å². The maximum absolute atomic E-state index is 12.1. The first-order valence-electron chi connectivity index (χ1n) is 9.01. The van der Waals surface area contributed by atoms with Crippen LogP contribution in [0.15, 0.2) is 47.0 Å². The molecule has 0 saturated heterocycles. The Morgan fingerprint density at radius 2 is 1.89 bits per heavy atom. The van der Waals surface area contributed by atoms with Gasteiger partial charge in [-0.25, -0.2) is 0 Å². The van der Waals surface area contributed by atoms with Crippen LogP contribution in [0.4, 0.5) is 5.69 Å². The van der Waals surface area contributed by atoms with Crippen LogP contribution in [0.1, 0.15) is 24.3 Å². The summed E-state index contributed by atoms with van der Waals surface area (Å²) in [6.45, 7) is 1.96. The Labute approximate surface area is 163 Å². The van der Waals surface area contributed by atoms with Gasteiger partial charge in [-0.2, -0.15) is 4.98 Å². The normalized spacial score (nSPS) is 10.5. The number of nitrogens with one attached hydrogen (secondary N) is 1. The van der Waals surface area contributed by atoms with Crippen LogP contribution in [0.2, 0.25) is 0 Å². The van der Waals surface area contributed by atoms with Crippen LogP contribution in [-0.4, -0.2) is 30.3 Å². The lowest BCUT2D eigenvalue weighted by atomic mass is 10.2. The minimum atomic E-state index is -0.0334. The number of carbonyl (C=O) groups excluding carboxylic acids is 1. The van der Waals surface area contributed by atoms with E-state index < -0.39 is 0 Å². The predicted octanol–water partition coefficient (Wildman–Crippen LogP) is 4.02. The smallest absolute Gasteiger partial charge is 0.226 e. The molecule has 1 amide bonds. The first kappa shape index (κ1) is 19.4. The van der Waals surface area contributed by atoms with Crippen molar-refractivity contribution in [3.05, 3.63) is 53.9 Å². The largest absolute Gasteiger partial charge is 0.493 e. The summed E-state index contributed by atoms with van der Waals surface area (Å²) < 4.78 is 15.8. The molecular formula is C21H23N3O4. The van der Waals surface area contributed by atoms with Crippen molar-refractivity contribution in [3.63, 3.8) is 0 Å². The quantitative estimate of drug-likeness (QED) is 0.634. The zero-order chi connectivity index (χ0) is 19.9. The number of hydrogen-bond acceptors (Lipinski definition) is 6. The van der Waals surface area contributed by atoms with Crippen LogP contribution in [0.3, 0.4) is 0 Å². The molecule has 1 heterocycles. The van der Waals surface area contributed by atoms with Crippen molar-refractivity contribution in [2.24, 2.45) is 0 Å². The molecule has 0 aliphatic carbocycles. The summed E-state index contributed by atoms with van der Waals surface area (Å²) in [5, 5.41) is 6.93. The number of methoxy groups -OCH3 is 2. The van der Waals surface area contributed by atoms with Crippen LogP contribution in [0, 0.1) is 6.92 Å². The molecule has 0 spiro atoms. The Kier molecular flexibility index (Phi) is 6.26. The molecule has 0 saturated carbocycles. The van der Waals surface area contributed by atoms with Crippen molar-refractivity contribution in [3.8, 4) is 22.9 Å². The van der Waals surface area contributed by atoms with Gasteiger partial charge >= 0.3 is 0 Å². The fourth-order valence-corrected chi connectivity index (χ4v) is 2.78. The molecule has 28 heavy (non-hydrogen) atoms. The fourth-order valence-electron chi connectivity index (χ4n) is 2.78. The van der Waals surface area contributed by atoms with Crippen LogP contribution in [0.25, 0.3) is 11.4 Å². The van der Waals surface area contributed by atoms with Crippen molar-refractivity contribution in [1.82, 2.24) is 10.1 Å². The molecule has 0 fully saturated rings. The lowest BCUT2D eigenvalue weighted by Crippen LogP contribution is -2.12. The summed E-state index contributed by atoms with van der Waals surface area (Å²) in [6.07, 6.45) is 1.52. The van der Waals surface area contributed by atoms with Gasteiger partial charge in [0.05, 0.1) is 14.2 Å². The van der Waals surface area contributed by atoms with Gasteiger partial charge in [-0.1, -0.05) is 23.4 Å². The summed E-state index contributed by atoms with van der Waals surface area (Å²) in [5.41, 5.74) is 2.64. The minimum absolute atomic E-state index is 0.0334. The summed E-state index contributed by atoms with van der Waals surface area (Å²) in [6, 6.07) is 13.1. The predicted molar refractivity (Wildman–Crippen MR) is 106 cm³/mol. The first-order valence-corrected chi connectivity index (χ1v) is 9.01. The maximum Gasteiger partial charge on any atom is 0.226 e. The topological polar surface area (TPSA) is 86.5 Å². The van der Waals surface area contributed by atoms with Gasteiger partial charge in [0.2, 0.25) is 17.6 Å². The van der Waals surface area contributed by atoms with Gasteiger partial charge in [-0.15, -0.1) is 0 Å². The molecule has 3 rings (SSSR count). The van der Waals surface area contributed by atoms with E-state index >= 15 is 0 Å². The van der Waals surface area contributed by atoms with E-state index in [0.717, 1.165) is 16.8 Å². The lowest BCUT2D eigenvalue weighted by Gasteiger charge is -2.07. The summed E-state index contributed by atoms with van der Waals surface area (Å²) in [7, 11) is 3.16. The fraction of sp³-hybridized carbons (Fsp3) is 0.286. The third kappa shape index (κ3) is 4.68. The van der Waals surface area contributed by atoms with E-state index in [9.17, 15) is 4.79 Å². The molecule has 0 unspecified atom stereocenters. The van der Waals surface area contributed by atoms with Crippen LogP contribution >= 0.6 is 0 Å². The second-order valence-corrected chi connectivity index (χ2v) is 6.30. The molecule has 0 bridgehead atoms. The van der Waals surface area contributed by atoms with E-state index in [0.29, 0.717) is 42.5 Å². The second kappa shape index (κ2) is 9.03. The Morgan fingerprint density at radius 3 is 2.64 bits per heavy atom. The minimum Gasteiger partial charge on any atom is -0.493 e. The third-order valence-electron chi connectivity index (χ3n) is 4.32. The Morgan fingerprint density at radius 1 is 1.11 bits per heavy atom. The SMILES string of the molecule is COc1ccc(-c2noc(CCCC(=O)Nc3ccccc3C)n2)cc1OC. The van der Waals surface area contributed by atoms with E-state index in [1.54, 1.807) is 26.4 Å². The van der Waals surface area contributed by atoms with Crippen LogP contribution in [-0.2, 0) is 11.2 Å². The standard InChI is InChI=1S/C21H23N3O4/c1-14-7-4-5-8-16(14)22-19(25)9-6-10-20-23-21(24-28-20)15-11-12-17(26-2)18(13-15)27-3/h4-5,7-8,11-13H,6,9-10H2,1-3H3,(H,22,25). The van der Waals surface area contributed by atoms with Crippen LogP contribution in [0.5, 0.6) is 11.5 Å². The van der Waals surface area contributed by atoms with E-state index in [-0.39, 0.29) is 5.91 Å². The van der Waals surface area contributed by atoms with E-state index in [1.807, 2.05) is 37.3 Å². The molecule has 1 aromatic heterocycles. The number of carbonyl (C=O) groups is 1. The van der Waals surface area contributed by atoms with E-state index in [1.165, 1.54) is 0 Å². The summed E-state index contributed by atoms with van der Waals surface area (Å²) >= 11 is 0. The number of benzene rings is 2. The zero-order valence-corrected chi connectivity index (χ0v) is 16.2. The number of anilines is 1. The highest BCUT2D eigenvalue weighted by molar-refractivity contribution is 5.91. The molecule has 0 radical (unpaired) electrons. The highest BCUT2D eigenvalue weighted by Gasteiger charge is 2.13. The van der Waals surface area contributed by atoms with Gasteiger partial charge in [0, 0.05) is 24.1 Å². The third-order valence-corrected chi connectivity index (χ3v) is 4.32. The molecule has 0 aliphatic rings. The average Bonchev–Trinajstić information content (AvgIpc) is 3.18. The number of aromatic nitrogens is 2. The van der Waals surface area contributed by atoms with Gasteiger partial charge in [-0.05, 0) is 43.2 Å². The van der Waals surface area contributed by atoms with Gasteiger partial charge in [0.1, 0.15) is 0 Å². The number of amides is 1. The lowest BCUT2D eigenvalue weighted by molar-refractivity contribution is -0.116. The highest BCUT2D eigenvalue weighted by Crippen LogP contribution is 2.31. The van der Waals surface area contributed by atoms with Crippen molar-refractivity contribution < 1.29 is 18.8 Å².